The van der Waals surface area contributed by atoms with Crippen LogP contribution in [0.1, 0.15) is 5.56 Å². The first kappa shape index (κ1) is 14.3. The van der Waals surface area contributed by atoms with Crippen molar-refractivity contribution >= 4 is 5.69 Å². The average molecular weight is 271 g/mol. The molecule has 2 aromatic carbocycles. The Hall–Kier alpha value is -2.16. The molecule has 0 aliphatic rings. The van der Waals surface area contributed by atoms with Crippen LogP contribution in [0.4, 0.5) is 5.69 Å². The minimum absolute atomic E-state index is 0.876. The number of nitrogens with zero attached hydrogens (tertiary/aromatic N) is 1. The Balaban J connectivity index is 2.64. The first-order valence-electron chi connectivity index (χ1n) is 6.57. The zero-order valence-electron chi connectivity index (χ0n) is 12.7. The van der Waals surface area contributed by atoms with Gasteiger partial charge in [0.1, 0.15) is 11.5 Å². The molecule has 0 saturated carbocycles. The molecule has 0 N–H and O–H groups in total. The van der Waals surface area contributed by atoms with Crippen LogP contribution in [-0.2, 0) is 0 Å². The fraction of sp³-hybridized carbons (Fsp3) is 0.294. The molecule has 0 spiro atoms. The van der Waals surface area contributed by atoms with Crippen LogP contribution >= 0.6 is 0 Å². The smallest absolute Gasteiger partial charge is 0.128 e. The van der Waals surface area contributed by atoms with Crippen molar-refractivity contribution in [2.75, 3.05) is 33.2 Å². The second-order valence-electron chi connectivity index (χ2n) is 4.93. The molecule has 3 heteroatoms. The zero-order valence-corrected chi connectivity index (χ0v) is 12.7. The van der Waals surface area contributed by atoms with Gasteiger partial charge in [0.15, 0.2) is 0 Å². The quantitative estimate of drug-likeness (QED) is 0.845. The first-order chi connectivity index (χ1) is 9.58. The van der Waals surface area contributed by atoms with E-state index in [-0.39, 0.29) is 0 Å². The summed E-state index contributed by atoms with van der Waals surface area (Å²) >= 11 is 0. The first-order valence-corrected chi connectivity index (χ1v) is 6.57. The Labute approximate surface area is 120 Å². The third kappa shape index (κ3) is 2.57. The lowest BCUT2D eigenvalue weighted by molar-refractivity contribution is 0.411. The van der Waals surface area contributed by atoms with E-state index in [1.165, 1.54) is 0 Å². The fourth-order valence-corrected chi connectivity index (χ4v) is 2.39. The molecular formula is C17H21NO2. The monoisotopic (exact) mass is 271 g/mol. The molecule has 2 rings (SSSR count). The Morgan fingerprint density at radius 1 is 0.900 bits per heavy atom. The van der Waals surface area contributed by atoms with Gasteiger partial charge >= 0.3 is 0 Å². The summed E-state index contributed by atoms with van der Waals surface area (Å²) in [5.74, 6) is 1.77. The summed E-state index contributed by atoms with van der Waals surface area (Å²) < 4.78 is 10.9. The summed E-state index contributed by atoms with van der Waals surface area (Å²) in [6, 6.07) is 12.3. The molecule has 20 heavy (non-hydrogen) atoms. The average Bonchev–Trinajstić information content (AvgIpc) is 2.46. The molecule has 0 unspecified atom stereocenters. The van der Waals surface area contributed by atoms with E-state index >= 15 is 0 Å². The lowest BCUT2D eigenvalue weighted by Gasteiger charge is -2.20. The number of rotatable bonds is 4. The Kier molecular flexibility index (Phi) is 4.18. The minimum Gasteiger partial charge on any atom is -0.496 e. The number of aryl methyl sites for hydroxylation is 1. The van der Waals surface area contributed by atoms with Gasteiger partial charge in [0.2, 0.25) is 0 Å². The third-order valence-corrected chi connectivity index (χ3v) is 3.39. The molecule has 2 aromatic rings. The van der Waals surface area contributed by atoms with Gasteiger partial charge in [-0.2, -0.15) is 0 Å². The lowest BCUT2D eigenvalue weighted by atomic mass is 9.99. The van der Waals surface area contributed by atoms with Gasteiger partial charge in [-0.05, 0) is 42.3 Å². The standard InChI is InChI=1S/C17H21NO2/c1-12-11-13(9-10-15(12)19-4)17-14(18(2)3)7-6-8-16(17)20-5/h6-11H,1-5H3. The molecule has 0 amide bonds. The van der Waals surface area contributed by atoms with Gasteiger partial charge in [-0.1, -0.05) is 12.1 Å². The van der Waals surface area contributed by atoms with Gasteiger partial charge in [0.05, 0.1) is 14.2 Å². The van der Waals surface area contributed by atoms with Crippen LogP contribution in [0.25, 0.3) is 11.1 Å². The number of methoxy groups -OCH3 is 2. The fourth-order valence-electron chi connectivity index (χ4n) is 2.39. The molecular weight excluding hydrogens is 250 g/mol. The maximum Gasteiger partial charge on any atom is 0.128 e. The zero-order chi connectivity index (χ0) is 14.7. The van der Waals surface area contributed by atoms with Crippen LogP contribution in [-0.4, -0.2) is 28.3 Å². The van der Waals surface area contributed by atoms with E-state index in [1.807, 2.05) is 39.2 Å². The maximum atomic E-state index is 5.53. The summed E-state index contributed by atoms with van der Waals surface area (Å²) in [7, 11) is 7.47. The van der Waals surface area contributed by atoms with Crippen molar-refractivity contribution in [3.8, 4) is 22.6 Å². The van der Waals surface area contributed by atoms with Gasteiger partial charge in [-0.15, -0.1) is 0 Å². The van der Waals surface area contributed by atoms with Gasteiger partial charge in [0.25, 0.3) is 0 Å². The molecule has 0 bridgehead atoms. The minimum atomic E-state index is 0.876. The number of anilines is 1. The molecule has 0 aliphatic heterocycles. The highest BCUT2D eigenvalue weighted by Crippen LogP contribution is 2.39. The van der Waals surface area contributed by atoms with Crippen LogP contribution in [0, 0.1) is 6.92 Å². The van der Waals surface area contributed by atoms with Crippen molar-refractivity contribution in [2.24, 2.45) is 0 Å². The highest BCUT2D eigenvalue weighted by Gasteiger charge is 2.14. The van der Waals surface area contributed by atoms with E-state index in [9.17, 15) is 0 Å². The van der Waals surface area contributed by atoms with Crippen LogP contribution < -0.4 is 14.4 Å². The number of hydrogen-bond acceptors (Lipinski definition) is 3. The van der Waals surface area contributed by atoms with Gasteiger partial charge < -0.3 is 14.4 Å². The van der Waals surface area contributed by atoms with Crippen molar-refractivity contribution in [3.05, 3.63) is 42.0 Å². The van der Waals surface area contributed by atoms with Crippen molar-refractivity contribution in [1.82, 2.24) is 0 Å². The van der Waals surface area contributed by atoms with Gasteiger partial charge in [-0.25, -0.2) is 0 Å². The van der Waals surface area contributed by atoms with Crippen LogP contribution in [0.3, 0.4) is 0 Å². The molecule has 0 aliphatic carbocycles. The predicted molar refractivity (Wildman–Crippen MR) is 84.0 cm³/mol. The summed E-state index contributed by atoms with van der Waals surface area (Å²) in [5, 5.41) is 0. The molecule has 0 saturated heterocycles. The second-order valence-corrected chi connectivity index (χ2v) is 4.93. The lowest BCUT2D eigenvalue weighted by Crippen LogP contribution is -2.10. The Bertz CT molecular complexity index is 606. The van der Waals surface area contributed by atoms with Crippen LogP contribution in [0.5, 0.6) is 11.5 Å². The van der Waals surface area contributed by atoms with Crippen molar-refractivity contribution < 1.29 is 9.47 Å². The van der Waals surface area contributed by atoms with E-state index < -0.39 is 0 Å². The third-order valence-electron chi connectivity index (χ3n) is 3.39. The molecule has 0 heterocycles. The summed E-state index contributed by atoms with van der Waals surface area (Å²) in [6.07, 6.45) is 0. The SMILES string of the molecule is COc1ccc(-c2c(OC)cccc2N(C)C)cc1C. The number of benzene rings is 2. The summed E-state index contributed by atoms with van der Waals surface area (Å²) in [4.78, 5) is 2.09. The highest BCUT2D eigenvalue weighted by molar-refractivity contribution is 5.84. The normalized spacial score (nSPS) is 10.2. The molecule has 0 atom stereocenters. The molecule has 3 nitrogen and oxygen atoms in total. The van der Waals surface area contributed by atoms with E-state index in [0.717, 1.165) is 33.9 Å². The number of hydrogen-bond donors (Lipinski definition) is 0. The Morgan fingerprint density at radius 3 is 2.15 bits per heavy atom. The molecule has 0 aromatic heterocycles. The predicted octanol–water partition coefficient (Wildman–Crippen LogP) is 3.75. The van der Waals surface area contributed by atoms with Gasteiger partial charge in [-0.3, -0.25) is 0 Å². The van der Waals surface area contributed by atoms with Crippen molar-refractivity contribution in [3.63, 3.8) is 0 Å². The van der Waals surface area contributed by atoms with E-state index in [1.54, 1.807) is 14.2 Å². The van der Waals surface area contributed by atoms with E-state index in [0.29, 0.717) is 0 Å². The largest absolute Gasteiger partial charge is 0.496 e. The summed E-state index contributed by atoms with van der Waals surface area (Å²) in [5.41, 5.74) is 4.48. The van der Waals surface area contributed by atoms with Crippen molar-refractivity contribution in [2.45, 2.75) is 6.92 Å². The van der Waals surface area contributed by atoms with Crippen LogP contribution in [0.2, 0.25) is 0 Å². The van der Waals surface area contributed by atoms with E-state index in [4.69, 9.17) is 9.47 Å². The molecule has 0 fully saturated rings. The number of ether oxygens (including phenoxy) is 2. The van der Waals surface area contributed by atoms with Crippen LogP contribution in [0.15, 0.2) is 36.4 Å². The molecule has 0 radical (unpaired) electrons. The summed E-state index contributed by atoms with van der Waals surface area (Å²) in [6.45, 7) is 2.05. The highest BCUT2D eigenvalue weighted by atomic mass is 16.5. The topological polar surface area (TPSA) is 21.7 Å². The van der Waals surface area contributed by atoms with Crippen molar-refractivity contribution in [1.29, 1.82) is 0 Å². The Morgan fingerprint density at radius 2 is 1.60 bits per heavy atom. The molecule has 106 valence electrons. The van der Waals surface area contributed by atoms with E-state index in [2.05, 4.69) is 23.1 Å². The second kappa shape index (κ2) is 5.87. The maximum absolute atomic E-state index is 5.53. The van der Waals surface area contributed by atoms with Gasteiger partial charge in [0, 0.05) is 25.3 Å².